The number of unbranched alkanes of at least 4 members (excludes halogenated alkanes) is 28. The molecule has 46 heavy (non-hydrogen) atoms. The summed E-state index contributed by atoms with van der Waals surface area (Å²) in [6, 6.07) is 0. The van der Waals surface area contributed by atoms with Gasteiger partial charge in [0, 0.05) is 12.8 Å². The molecule has 0 N–H and O–H groups in total. The zero-order valence-electron chi connectivity index (χ0n) is 30.8. The summed E-state index contributed by atoms with van der Waals surface area (Å²) in [6.45, 7) is 4.07. The summed E-state index contributed by atoms with van der Waals surface area (Å²) in [5, 5.41) is 0. The Kier molecular flexibility index (Phi) is 33.5. The summed E-state index contributed by atoms with van der Waals surface area (Å²) in [7, 11) is -3.17. The lowest BCUT2D eigenvalue weighted by Gasteiger charge is -2.15. The van der Waals surface area contributed by atoms with Gasteiger partial charge in [-0.1, -0.05) is 194 Å². The molecular weight excluding hydrogens is 596 g/mol. The molecule has 0 atom stereocenters. The highest BCUT2D eigenvalue weighted by molar-refractivity contribution is 7.81. The molecule has 6 nitrogen and oxygen atoms in total. The molecule has 0 saturated carbocycles. The van der Waals surface area contributed by atoms with Crippen molar-refractivity contribution in [1.82, 2.24) is 0 Å². The van der Waals surface area contributed by atoms with Crippen molar-refractivity contribution in [1.29, 1.82) is 0 Å². The topological polar surface area (TPSA) is 86.7 Å². The van der Waals surface area contributed by atoms with Crippen LogP contribution in [0.3, 0.4) is 0 Å². The Bertz CT molecular complexity index is 735. The fourth-order valence-electron chi connectivity index (χ4n) is 6.25. The van der Waals surface area contributed by atoms with Crippen LogP contribution in [0.15, 0.2) is 0 Å². The Hall–Kier alpha value is -0.790. The quantitative estimate of drug-likeness (QED) is 0.0479. The Morgan fingerprint density at radius 2 is 0.674 bits per heavy atom. The van der Waals surface area contributed by atoms with Crippen molar-refractivity contribution in [2.24, 2.45) is 5.92 Å². The highest BCUT2D eigenvalue weighted by atomic mass is 32.3. The van der Waals surface area contributed by atoms with E-state index in [1.165, 1.54) is 154 Å². The molecule has 274 valence electrons. The van der Waals surface area contributed by atoms with Crippen LogP contribution in [0.1, 0.15) is 219 Å². The van der Waals surface area contributed by atoms with Gasteiger partial charge < -0.3 is 0 Å². The Morgan fingerprint density at radius 3 is 0.913 bits per heavy atom. The highest BCUT2D eigenvalue weighted by Crippen LogP contribution is 2.18. The first-order chi connectivity index (χ1) is 22.4. The van der Waals surface area contributed by atoms with E-state index in [1.807, 2.05) is 0 Å². The van der Waals surface area contributed by atoms with Gasteiger partial charge in [-0.15, -0.1) is 0 Å². The molecule has 0 unspecified atom stereocenters. The summed E-state index contributed by atoms with van der Waals surface area (Å²) >= 11 is 0. The summed E-state index contributed by atoms with van der Waals surface area (Å²) < 4.78 is 32.6. The molecule has 0 radical (unpaired) electrons. The molecule has 0 aromatic heterocycles. The number of Topliss-reactive ketones (excluding diaryl/α,β-unsaturated/α-hetero) is 2. The molecule has 0 amide bonds. The Balaban J connectivity index is 4.04. The summed E-state index contributed by atoms with van der Waals surface area (Å²) in [5.74, 6) is -1.43. The predicted molar refractivity (Wildman–Crippen MR) is 194 cm³/mol. The molecule has 0 aliphatic carbocycles. The van der Waals surface area contributed by atoms with E-state index < -0.39 is 22.9 Å². The first-order valence-corrected chi connectivity index (χ1v) is 21.2. The lowest BCUT2D eigenvalue weighted by atomic mass is 9.92. The van der Waals surface area contributed by atoms with Crippen molar-refractivity contribution in [3.05, 3.63) is 0 Å². The van der Waals surface area contributed by atoms with E-state index in [2.05, 4.69) is 18.0 Å². The van der Waals surface area contributed by atoms with Crippen LogP contribution in [0.2, 0.25) is 0 Å². The van der Waals surface area contributed by atoms with E-state index in [1.54, 1.807) is 0 Å². The van der Waals surface area contributed by atoms with Gasteiger partial charge in [0.25, 0.3) is 0 Å². The van der Waals surface area contributed by atoms with Gasteiger partial charge in [-0.25, -0.2) is 4.18 Å². The third-order valence-electron chi connectivity index (χ3n) is 9.41. The number of ketones is 2. The smallest absolute Gasteiger partial charge is 0.299 e. The second-order valence-corrected chi connectivity index (χ2v) is 15.1. The molecule has 0 spiro atoms. The standard InChI is InChI=1S/C39H76O6S/c1-4-6-8-10-12-14-16-18-20-22-24-26-28-30-32-34-38(40)37(36-45-46(42,43)44-3)39(41)35-33-31-29-27-25-23-21-19-17-15-13-11-9-7-5-2/h37H,4-36H2,1-3H3. The summed E-state index contributed by atoms with van der Waals surface area (Å²) in [5.41, 5.74) is 0. The zero-order chi connectivity index (χ0) is 34.0. The Morgan fingerprint density at radius 1 is 0.435 bits per heavy atom. The van der Waals surface area contributed by atoms with E-state index in [-0.39, 0.29) is 11.6 Å². The zero-order valence-corrected chi connectivity index (χ0v) is 31.6. The Labute approximate surface area is 286 Å². The average molecular weight is 673 g/mol. The van der Waals surface area contributed by atoms with E-state index in [0.717, 1.165) is 45.6 Å². The van der Waals surface area contributed by atoms with E-state index in [4.69, 9.17) is 4.18 Å². The highest BCUT2D eigenvalue weighted by Gasteiger charge is 2.28. The fraction of sp³-hybridized carbons (Fsp3) is 0.949. The van der Waals surface area contributed by atoms with Gasteiger partial charge in [-0.3, -0.25) is 13.8 Å². The second-order valence-electron chi connectivity index (χ2n) is 13.7. The predicted octanol–water partition coefficient (Wildman–Crippen LogP) is 12.2. The molecule has 0 rings (SSSR count). The van der Waals surface area contributed by atoms with Gasteiger partial charge in [0.2, 0.25) is 0 Å². The van der Waals surface area contributed by atoms with Crippen LogP contribution in [0.4, 0.5) is 0 Å². The minimum atomic E-state index is -4.19. The molecule has 0 aliphatic heterocycles. The lowest BCUT2D eigenvalue weighted by Crippen LogP contribution is -2.30. The summed E-state index contributed by atoms with van der Waals surface area (Å²) in [6.07, 6.45) is 38.1. The lowest BCUT2D eigenvalue weighted by molar-refractivity contribution is -0.134. The normalized spacial score (nSPS) is 11.9. The molecule has 7 heteroatoms. The van der Waals surface area contributed by atoms with Crippen LogP contribution in [-0.4, -0.2) is 33.7 Å². The van der Waals surface area contributed by atoms with Crippen LogP contribution in [0.25, 0.3) is 0 Å². The molecule has 0 aromatic carbocycles. The molecule has 0 saturated heterocycles. The van der Waals surface area contributed by atoms with Crippen molar-refractivity contribution in [3.8, 4) is 0 Å². The molecule has 0 bridgehead atoms. The SMILES string of the molecule is CCCCCCCCCCCCCCCCCC(=O)C(COS(=O)(=O)OC)C(=O)CCCCCCCCCCCCCCCCC. The summed E-state index contributed by atoms with van der Waals surface area (Å²) in [4.78, 5) is 25.9. The van der Waals surface area contributed by atoms with Crippen LogP contribution >= 0.6 is 0 Å². The van der Waals surface area contributed by atoms with Crippen LogP contribution in [0, 0.1) is 5.92 Å². The van der Waals surface area contributed by atoms with E-state index in [0.29, 0.717) is 12.8 Å². The monoisotopic (exact) mass is 673 g/mol. The maximum absolute atomic E-state index is 12.9. The molecule has 0 aliphatic rings. The van der Waals surface area contributed by atoms with E-state index in [9.17, 15) is 18.0 Å². The average Bonchev–Trinajstić information content (AvgIpc) is 3.04. The molecule has 0 heterocycles. The number of carbonyl (C=O) groups excluding carboxylic acids is 2. The molecular formula is C39H76O6S. The first-order valence-electron chi connectivity index (χ1n) is 19.9. The van der Waals surface area contributed by atoms with Crippen molar-refractivity contribution in [3.63, 3.8) is 0 Å². The number of rotatable bonds is 38. The first kappa shape index (κ1) is 45.2. The van der Waals surface area contributed by atoms with Gasteiger partial charge >= 0.3 is 10.4 Å². The van der Waals surface area contributed by atoms with Gasteiger partial charge in [0.05, 0.1) is 13.7 Å². The largest absolute Gasteiger partial charge is 0.399 e. The fourth-order valence-corrected chi connectivity index (χ4v) is 6.65. The maximum Gasteiger partial charge on any atom is 0.399 e. The van der Waals surface area contributed by atoms with Crippen molar-refractivity contribution in [2.75, 3.05) is 13.7 Å². The van der Waals surface area contributed by atoms with Gasteiger partial charge in [0.15, 0.2) is 0 Å². The van der Waals surface area contributed by atoms with Crippen molar-refractivity contribution in [2.45, 2.75) is 219 Å². The minimum absolute atomic E-state index is 0.202. The van der Waals surface area contributed by atoms with Gasteiger partial charge in [0.1, 0.15) is 17.5 Å². The van der Waals surface area contributed by atoms with Crippen molar-refractivity contribution >= 4 is 22.0 Å². The molecule has 0 aromatic rings. The van der Waals surface area contributed by atoms with Gasteiger partial charge in [-0.2, -0.15) is 8.42 Å². The maximum atomic E-state index is 12.9. The molecule has 0 fully saturated rings. The van der Waals surface area contributed by atoms with Gasteiger partial charge in [-0.05, 0) is 12.8 Å². The number of hydrogen-bond acceptors (Lipinski definition) is 6. The third kappa shape index (κ3) is 30.5. The van der Waals surface area contributed by atoms with Crippen LogP contribution in [-0.2, 0) is 28.4 Å². The van der Waals surface area contributed by atoms with Crippen LogP contribution < -0.4 is 0 Å². The second kappa shape index (κ2) is 34.1. The number of hydrogen-bond donors (Lipinski definition) is 0. The number of carbonyl (C=O) groups is 2. The minimum Gasteiger partial charge on any atom is -0.299 e. The van der Waals surface area contributed by atoms with Crippen LogP contribution in [0.5, 0.6) is 0 Å². The van der Waals surface area contributed by atoms with E-state index >= 15 is 0 Å². The van der Waals surface area contributed by atoms with Crippen molar-refractivity contribution < 1.29 is 26.4 Å². The third-order valence-corrected chi connectivity index (χ3v) is 10.2.